The molecule has 0 radical (unpaired) electrons. The van der Waals surface area contributed by atoms with Crippen LogP contribution in [0.3, 0.4) is 0 Å². The standard InChI is InChI=1S/C12H17ClN4O/c1-18-12-15-6-9(13)11(16-12)17-5-3-10-8(7-17)2-4-14-10/h6,8,10,14H,2-5,7H2,1H3. The Kier molecular flexibility index (Phi) is 3.26. The Labute approximate surface area is 112 Å². The molecule has 3 heterocycles. The van der Waals surface area contributed by atoms with Crippen molar-refractivity contribution in [3.63, 3.8) is 0 Å². The van der Waals surface area contributed by atoms with Gasteiger partial charge >= 0.3 is 6.01 Å². The number of halogens is 1. The van der Waals surface area contributed by atoms with Gasteiger partial charge < -0.3 is 15.0 Å². The monoisotopic (exact) mass is 268 g/mol. The van der Waals surface area contributed by atoms with Gasteiger partial charge in [0.15, 0.2) is 5.82 Å². The summed E-state index contributed by atoms with van der Waals surface area (Å²) in [5.74, 6) is 1.50. The molecule has 1 N–H and O–H groups in total. The summed E-state index contributed by atoms with van der Waals surface area (Å²) in [7, 11) is 1.57. The minimum Gasteiger partial charge on any atom is -0.467 e. The predicted molar refractivity (Wildman–Crippen MR) is 70.3 cm³/mol. The number of methoxy groups -OCH3 is 1. The molecule has 2 saturated heterocycles. The molecule has 2 aliphatic rings. The fraction of sp³-hybridized carbons (Fsp3) is 0.667. The van der Waals surface area contributed by atoms with Crippen LogP contribution in [0.15, 0.2) is 6.20 Å². The number of rotatable bonds is 2. The molecule has 98 valence electrons. The van der Waals surface area contributed by atoms with Gasteiger partial charge in [0.1, 0.15) is 5.02 Å². The second kappa shape index (κ2) is 4.90. The van der Waals surface area contributed by atoms with Gasteiger partial charge in [0.25, 0.3) is 0 Å². The zero-order chi connectivity index (χ0) is 12.5. The van der Waals surface area contributed by atoms with Crippen LogP contribution in [0.4, 0.5) is 5.82 Å². The largest absolute Gasteiger partial charge is 0.467 e. The molecule has 1 aromatic heterocycles. The van der Waals surface area contributed by atoms with E-state index < -0.39 is 0 Å². The topological polar surface area (TPSA) is 50.3 Å². The van der Waals surface area contributed by atoms with Gasteiger partial charge in [0, 0.05) is 19.1 Å². The van der Waals surface area contributed by atoms with Gasteiger partial charge in [-0.3, -0.25) is 0 Å². The summed E-state index contributed by atoms with van der Waals surface area (Å²) in [5, 5.41) is 4.15. The molecule has 3 rings (SSSR count). The van der Waals surface area contributed by atoms with Gasteiger partial charge in [-0.1, -0.05) is 11.6 Å². The normalized spacial score (nSPS) is 27.1. The molecule has 0 aromatic carbocycles. The Morgan fingerprint density at radius 3 is 3.22 bits per heavy atom. The summed E-state index contributed by atoms with van der Waals surface area (Å²) in [6.07, 6.45) is 4.00. The lowest BCUT2D eigenvalue weighted by Gasteiger charge is -2.35. The summed E-state index contributed by atoms with van der Waals surface area (Å²) in [6, 6.07) is 1.05. The highest BCUT2D eigenvalue weighted by Crippen LogP contribution is 2.31. The fourth-order valence-corrected chi connectivity index (χ4v) is 3.11. The number of ether oxygens (including phenoxy) is 1. The smallest absolute Gasteiger partial charge is 0.318 e. The van der Waals surface area contributed by atoms with Crippen molar-refractivity contribution in [1.29, 1.82) is 0 Å². The lowest BCUT2D eigenvalue weighted by atomic mass is 9.93. The SMILES string of the molecule is COc1ncc(Cl)c(N2CCC3NCCC3C2)n1. The summed E-state index contributed by atoms with van der Waals surface area (Å²) < 4.78 is 5.07. The maximum Gasteiger partial charge on any atom is 0.318 e. The van der Waals surface area contributed by atoms with E-state index in [0.29, 0.717) is 23.0 Å². The molecule has 6 heteroatoms. The van der Waals surface area contributed by atoms with Crippen molar-refractivity contribution in [2.24, 2.45) is 5.92 Å². The van der Waals surface area contributed by atoms with Crippen molar-refractivity contribution >= 4 is 17.4 Å². The lowest BCUT2D eigenvalue weighted by molar-refractivity contribution is 0.366. The van der Waals surface area contributed by atoms with Crippen LogP contribution >= 0.6 is 11.6 Å². The van der Waals surface area contributed by atoms with Crippen molar-refractivity contribution in [2.45, 2.75) is 18.9 Å². The molecule has 1 aromatic rings. The van der Waals surface area contributed by atoms with Crippen LogP contribution in [0.2, 0.25) is 5.02 Å². The van der Waals surface area contributed by atoms with E-state index in [4.69, 9.17) is 16.3 Å². The van der Waals surface area contributed by atoms with E-state index >= 15 is 0 Å². The Morgan fingerprint density at radius 2 is 2.39 bits per heavy atom. The number of aromatic nitrogens is 2. The highest BCUT2D eigenvalue weighted by molar-refractivity contribution is 6.32. The zero-order valence-corrected chi connectivity index (χ0v) is 11.2. The number of hydrogen-bond acceptors (Lipinski definition) is 5. The zero-order valence-electron chi connectivity index (χ0n) is 10.4. The third-order valence-electron chi connectivity index (χ3n) is 3.84. The first-order valence-electron chi connectivity index (χ1n) is 6.33. The van der Waals surface area contributed by atoms with Crippen LogP contribution in [0.25, 0.3) is 0 Å². The van der Waals surface area contributed by atoms with Gasteiger partial charge in [-0.2, -0.15) is 4.98 Å². The molecule has 0 amide bonds. The second-order valence-electron chi connectivity index (χ2n) is 4.87. The van der Waals surface area contributed by atoms with E-state index in [0.717, 1.165) is 31.9 Å². The summed E-state index contributed by atoms with van der Waals surface area (Å²) in [4.78, 5) is 10.6. The van der Waals surface area contributed by atoms with Crippen LogP contribution in [0.5, 0.6) is 6.01 Å². The van der Waals surface area contributed by atoms with E-state index in [-0.39, 0.29) is 0 Å². The van der Waals surface area contributed by atoms with Gasteiger partial charge in [0.2, 0.25) is 0 Å². The molecule has 2 unspecified atom stereocenters. The van der Waals surface area contributed by atoms with Crippen molar-refractivity contribution < 1.29 is 4.74 Å². The van der Waals surface area contributed by atoms with Crippen LogP contribution in [-0.4, -0.2) is 42.8 Å². The molecule has 2 atom stereocenters. The average Bonchev–Trinajstić information content (AvgIpc) is 2.86. The van der Waals surface area contributed by atoms with E-state index in [1.165, 1.54) is 6.42 Å². The summed E-state index contributed by atoms with van der Waals surface area (Å²) in [6.45, 7) is 3.12. The van der Waals surface area contributed by atoms with Crippen molar-refractivity contribution in [3.05, 3.63) is 11.2 Å². The first kappa shape index (κ1) is 12.0. The molecular formula is C12H17ClN4O. The highest BCUT2D eigenvalue weighted by atomic mass is 35.5. The van der Waals surface area contributed by atoms with Crippen LogP contribution in [0, 0.1) is 5.92 Å². The lowest BCUT2D eigenvalue weighted by Crippen LogP contribution is -2.44. The third kappa shape index (κ3) is 2.12. The molecule has 2 fully saturated rings. The highest BCUT2D eigenvalue weighted by Gasteiger charge is 2.33. The van der Waals surface area contributed by atoms with E-state index in [1.54, 1.807) is 13.3 Å². The molecule has 0 aliphatic carbocycles. The number of nitrogens with one attached hydrogen (secondary N) is 1. The van der Waals surface area contributed by atoms with Gasteiger partial charge in [-0.25, -0.2) is 4.98 Å². The number of fused-ring (bicyclic) bond motifs is 1. The molecular weight excluding hydrogens is 252 g/mol. The Balaban J connectivity index is 1.82. The maximum absolute atomic E-state index is 6.19. The molecule has 0 saturated carbocycles. The van der Waals surface area contributed by atoms with E-state index in [9.17, 15) is 0 Å². The summed E-state index contributed by atoms with van der Waals surface area (Å²) in [5.41, 5.74) is 0. The minimum atomic E-state index is 0.376. The van der Waals surface area contributed by atoms with Crippen LogP contribution in [-0.2, 0) is 0 Å². The van der Waals surface area contributed by atoms with Crippen molar-refractivity contribution in [3.8, 4) is 6.01 Å². The molecule has 0 spiro atoms. The summed E-state index contributed by atoms with van der Waals surface area (Å²) >= 11 is 6.19. The molecule has 18 heavy (non-hydrogen) atoms. The minimum absolute atomic E-state index is 0.376. The van der Waals surface area contributed by atoms with Crippen LogP contribution in [0.1, 0.15) is 12.8 Å². The van der Waals surface area contributed by atoms with Crippen LogP contribution < -0.4 is 15.0 Å². The Bertz CT molecular complexity index is 442. The quantitative estimate of drug-likeness (QED) is 0.877. The van der Waals surface area contributed by atoms with E-state index in [2.05, 4.69) is 20.2 Å². The molecule has 0 bridgehead atoms. The maximum atomic E-state index is 6.19. The number of hydrogen-bond donors (Lipinski definition) is 1. The average molecular weight is 269 g/mol. The first-order chi connectivity index (χ1) is 8.78. The third-order valence-corrected chi connectivity index (χ3v) is 4.11. The molecule has 5 nitrogen and oxygen atoms in total. The Morgan fingerprint density at radius 1 is 1.50 bits per heavy atom. The second-order valence-corrected chi connectivity index (χ2v) is 5.28. The van der Waals surface area contributed by atoms with Gasteiger partial charge in [-0.15, -0.1) is 0 Å². The van der Waals surface area contributed by atoms with Crippen molar-refractivity contribution in [1.82, 2.24) is 15.3 Å². The first-order valence-corrected chi connectivity index (χ1v) is 6.70. The number of anilines is 1. The van der Waals surface area contributed by atoms with Crippen molar-refractivity contribution in [2.75, 3.05) is 31.6 Å². The Hall–Kier alpha value is -1.07. The van der Waals surface area contributed by atoms with Gasteiger partial charge in [-0.05, 0) is 25.3 Å². The number of nitrogens with zero attached hydrogens (tertiary/aromatic N) is 3. The van der Waals surface area contributed by atoms with E-state index in [1.807, 2.05) is 0 Å². The number of piperidine rings is 1. The fourth-order valence-electron chi connectivity index (χ4n) is 2.90. The molecule has 2 aliphatic heterocycles. The predicted octanol–water partition coefficient (Wildman–Crippen LogP) is 1.33. The van der Waals surface area contributed by atoms with Gasteiger partial charge in [0.05, 0.1) is 13.3 Å².